The van der Waals surface area contributed by atoms with Gasteiger partial charge in [0.1, 0.15) is 12.4 Å². The van der Waals surface area contributed by atoms with Gasteiger partial charge in [0.2, 0.25) is 5.91 Å². The molecule has 0 unspecified atom stereocenters. The Kier molecular flexibility index (Phi) is 9.35. The Morgan fingerprint density at radius 1 is 0.970 bits per heavy atom. The largest absolute Gasteiger partial charge is 0.491 e. The highest BCUT2D eigenvalue weighted by Crippen LogP contribution is 2.24. The lowest BCUT2D eigenvalue weighted by atomic mass is 9.98. The minimum absolute atomic E-state index is 0.0123. The number of carbonyl (C=O) groups is 2. The lowest BCUT2D eigenvalue weighted by molar-refractivity contribution is -0.139. The summed E-state index contributed by atoms with van der Waals surface area (Å²) < 4.78 is 6.29. The van der Waals surface area contributed by atoms with E-state index in [1.165, 1.54) is 5.56 Å². The Hall–Kier alpha value is -2.82. The van der Waals surface area contributed by atoms with Crippen LogP contribution in [0.25, 0.3) is 0 Å². The molecule has 3 rings (SSSR count). The molecule has 1 heterocycles. The number of hydrogen-bond acceptors (Lipinski definition) is 3. The van der Waals surface area contributed by atoms with E-state index in [4.69, 9.17) is 4.74 Å². The molecule has 2 aromatic carbocycles. The fraction of sp³-hybridized carbons (Fsp3) is 0.500. The van der Waals surface area contributed by atoms with Gasteiger partial charge in [-0.3, -0.25) is 9.59 Å². The average molecular weight is 451 g/mol. The van der Waals surface area contributed by atoms with E-state index in [1.807, 2.05) is 54.3 Å². The Balaban J connectivity index is 1.96. The molecular formula is C28H38N2O3. The van der Waals surface area contributed by atoms with Gasteiger partial charge in [0, 0.05) is 25.6 Å². The minimum atomic E-state index is -0.0923. The highest BCUT2D eigenvalue weighted by atomic mass is 16.5. The number of amides is 2. The van der Waals surface area contributed by atoms with Crippen molar-refractivity contribution in [2.24, 2.45) is 5.92 Å². The van der Waals surface area contributed by atoms with E-state index >= 15 is 0 Å². The third-order valence-corrected chi connectivity index (χ3v) is 6.67. The minimum Gasteiger partial charge on any atom is -0.491 e. The summed E-state index contributed by atoms with van der Waals surface area (Å²) in [5.41, 5.74) is 1.78. The van der Waals surface area contributed by atoms with Gasteiger partial charge < -0.3 is 14.5 Å². The number of carbonyl (C=O) groups excluding carboxylic acids is 2. The second kappa shape index (κ2) is 12.4. The third-order valence-electron chi connectivity index (χ3n) is 6.67. The molecule has 5 heteroatoms. The number of rotatable bonds is 6. The molecule has 1 aliphatic rings. The molecule has 0 saturated heterocycles. The number of benzene rings is 2. The monoisotopic (exact) mass is 450 g/mol. The van der Waals surface area contributed by atoms with Crippen LogP contribution in [0, 0.1) is 5.92 Å². The van der Waals surface area contributed by atoms with E-state index in [9.17, 15) is 9.59 Å². The Bertz CT molecular complexity index is 895. The number of hydrogen-bond donors (Lipinski definition) is 0. The van der Waals surface area contributed by atoms with Crippen molar-refractivity contribution in [2.75, 3.05) is 26.2 Å². The second-order valence-corrected chi connectivity index (χ2v) is 8.79. The maximum Gasteiger partial charge on any atom is 0.257 e. The zero-order chi connectivity index (χ0) is 23.6. The van der Waals surface area contributed by atoms with Crippen LogP contribution in [0.3, 0.4) is 0 Å². The highest BCUT2D eigenvalue weighted by molar-refractivity contribution is 5.97. The first-order valence-corrected chi connectivity index (χ1v) is 12.4. The van der Waals surface area contributed by atoms with Crippen molar-refractivity contribution in [2.45, 2.75) is 58.9 Å². The maximum absolute atomic E-state index is 13.6. The molecule has 178 valence electrons. The Morgan fingerprint density at radius 2 is 1.64 bits per heavy atom. The first-order valence-electron chi connectivity index (χ1n) is 12.4. The fourth-order valence-electron chi connectivity index (χ4n) is 4.60. The molecular weight excluding hydrogens is 412 g/mol. The third kappa shape index (κ3) is 6.37. The molecule has 0 fully saturated rings. The van der Waals surface area contributed by atoms with Gasteiger partial charge in [0.15, 0.2) is 0 Å². The summed E-state index contributed by atoms with van der Waals surface area (Å²) in [5, 5.41) is 0. The molecule has 0 N–H and O–H groups in total. The van der Waals surface area contributed by atoms with Crippen molar-refractivity contribution < 1.29 is 14.3 Å². The van der Waals surface area contributed by atoms with Gasteiger partial charge in [-0.05, 0) is 56.7 Å². The molecule has 0 radical (unpaired) electrons. The van der Waals surface area contributed by atoms with Gasteiger partial charge in [-0.15, -0.1) is 0 Å². The molecule has 0 aromatic heterocycles. The van der Waals surface area contributed by atoms with Crippen molar-refractivity contribution in [3.05, 3.63) is 65.7 Å². The van der Waals surface area contributed by atoms with Crippen molar-refractivity contribution in [3.63, 3.8) is 0 Å². The molecule has 5 nitrogen and oxygen atoms in total. The summed E-state index contributed by atoms with van der Waals surface area (Å²) in [6, 6.07) is 17.7. The van der Waals surface area contributed by atoms with E-state index in [2.05, 4.69) is 30.9 Å². The molecule has 0 spiro atoms. The molecule has 1 aliphatic heterocycles. The van der Waals surface area contributed by atoms with E-state index in [-0.39, 0.29) is 23.8 Å². The molecule has 1 atom stereocenters. The standard InChI is InChI=1S/C28H38N2O3/c1-4-23(5-2)27(31)30-19-13-12-18-29(6-3)28(32)25-16-10-11-17-26(25)33-21-24(30)20-22-14-8-7-9-15-22/h7-11,14-17,23-24H,4-6,12-13,18-21H2,1-3H3/t24-/m0/s1. The molecule has 2 aromatic rings. The van der Waals surface area contributed by atoms with Gasteiger partial charge in [-0.2, -0.15) is 0 Å². The van der Waals surface area contributed by atoms with Crippen molar-refractivity contribution in [1.29, 1.82) is 0 Å². The van der Waals surface area contributed by atoms with E-state index in [0.717, 1.165) is 32.1 Å². The predicted molar refractivity (Wildman–Crippen MR) is 132 cm³/mol. The van der Waals surface area contributed by atoms with Crippen LogP contribution in [0.15, 0.2) is 54.6 Å². The SMILES string of the molecule is CCC(CC)C(=O)N1CCCCN(CC)C(=O)c2ccccc2OC[C@@H]1Cc1ccccc1. The first kappa shape index (κ1) is 24.8. The quantitative estimate of drug-likeness (QED) is 0.608. The van der Waals surface area contributed by atoms with Crippen LogP contribution in [0.4, 0.5) is 0 Å². The van der Waals surface area contributed by atoms with Crippen LogP contribution in [0.2, 0.25) is 0 Å². The van der Waals surface area contributed by atoms with Crippen molar-refractivity contribution >= 4 is 11.8 Å². The summed E-state index contributed by atoms with van der Waals surface area (Å²) in [4.78, 5) is 30.7. The zero-order valence-corrected chi connectivity index (χ0v) is 20.3. The summed E-state index contributed by atoms with van der Waals surface area (Å²) in [6.07, 6.45) is 4.14. The van der Waals surface area contributed by atoms with Gasteiger partial charge in [-0.25, -0.2) is 0 Å². The average Bonchev–Trinajstić information content (AvgIpc) is 2.85. The van der Waals surface area contributed by atoms with E-state index in [0.29, 0.717) is 37.6 Å². The zero-order valence-electron chi connectivity index (χ0n) is 20.3. The summed E-state index contributed by atoms with van der Waals surface area (Å²) in [7, 11) is 0. The fourth-order valence-corrected chi connectivity index (χ4v) is 4.60. The summed E-state index contributed by atoms with van der Waals surface area (Å²) in [6.45, 7) is 8.56. The van der Waals surface area contributed by atoms with Crippen LogP contribution in [0.1, 0.15) is 62.4 Å². The Morgan fingerprint density at radius 3 is 2.33 bits per heavy atom. The number of ether oxygens (including phenoxy) is 1. The van der Waals surface area contributed by atoms with Crippen LogP contribution < -0.4 is 4.74 Å². The van der Waals surface area contributed by atoms with Crippen molar-refractivity contribution in [1.82, 2.24) is 9.80 Å². The summed E-state index contributed by atoms with van der Waals surface area (Å²) in [5.74, 6) is 0.850. The molecule has 0 bridgehead atoms. The second-order valence-electron chi connectivity index (χ2n) is 8.79. The molecule has 33 heavy (non-hydrogen) atoms. The Labute approximate surface area is 198 Å². The molecule has 2 amide bonds. The number of para-hydroxylation sites is 1. The highest BCUT2D eigenvalue weighted by Gasteiger charge is 2.30. The van der Waals surface area contributed by atoms with Crippen LogP contribution in [0.5, 0.6) is 5.75 Å². The number of nitrogens with zero attached hydrogens (tertiary/aromatic N) is 2. The smallest absolute Gasteiger partial charge is 0.257 e. The topological polar surface area (TPSA) is 49.9 Å². The predicted octanol–water partition coefficient (Wildman–Crippen LogP) is 5.20. The van der Waals surface area contributed by atoms with E-state index < -0.39 is 0 Å². The first-order chi connectivity index (χ1) is 16.1. The van der Waals surface area contributed by atoms with Crippen LogP contribution in [-0.4, -0.2) is 53.9 Å². The molecule has 0 aliphatic carbocycles. The molecule has 0 saturated carbocycles. The summed E-state index contributed by atoms with van der Waals surface area (Å²) >= 11 is 0. The van der Waals surface area contributed by atoms with Crippen LogP contribution in [-0.2, 0) is 11.2 Å². The van der Waals surface area contributed by atoms with Gasteiger partial charge in [0.25, 0.3) is 5.91 Å². The lowest BCUT2D eigenvalue weighted by Gasteiger charge is -2.35. The van der Waals surface area contributed by atoms with Crippen LogP contribution >= 0.6 is 0 Å². The van der Waals surface area contributed by atoms with Gasteiger partial charge in [-0.1, -0.05) is 56.3 Å². The normalized spacial score (nSPS) is 17.7. The van der Waals surface area contributed by atoms with Gasteiger partial charge >= 0.3 is 0 Å². The van der Waals surface area contributed by atoms with Crippen molar-refractivity contribution in [3.8, 4) is 5.75 Å². The maximum atomic E-state index is 13.6. The number of fused-ring (bicyclic) bond motifs is 1. The lowest BCUT2D eigenvalue weighted by Crippen LogP contribution is -2.48. The van der Waals surface area contributed by atoms with Gasteiger partial charge in [0.05, 0.1) is 11.6 Å². The van der Waals surface area contributed by atoms with E-state index in [1.54, 1.807) is 0 Å².